The molecule has 16 heavy (non-hydrogen) atoms. The van der Waals surface area contributed by atoms with Crippen molar-refractivity contribution in [3.63, 3.8) is 0 Å². The maximum absolute atomic E-state index is 11.6. The van der Waals surface area contributed by atoms with Crippen molar-refractivity contribution in [2.45, 2.75) is 20.0 Å². The molecule has 1 N–H and O–H groups in total. The molecule has 0 unspecified atom stereocenters. The van der Waals surface area contributed by atoms with Crippen molar-refractivity contribution in [3.05, 3.63) is 35.9 Å². The highest BCUT2D eigenvalue weighted by Crippen LogP contribution is 2.03. The van der Waals surface area contributed by atoms with Crippen molar-refractivity contribution in [2.75, 3.05) is 6.54 Å². The van der Waals surface area contributed by atoms with E-state index < -0.39 is 12.1 Å². The number of amides is 1. The van der Waals surface area contributed by atoms with Crippen LogP contribution in [0.4, 0.5) is 0 Å². The Morgan fingerprint density at radius 2 is 1.94 bits per heavy atom. The minimum Gasteiger partial charge on any atom is -0.449 e. The van der Waals surface area contributed by atoms with Crippen LogP contribution in [0.3, 0.4) is 0 Å². The minimum atomic E-state index is -0.771. The summed E-state index contributed by atoms with van der Waals surface area (Å²) in [6, 6.07) is 8.59. The van der Waals surface area contributed by atoms with E-state index in [2.05, 4.69) is 5.32 Å². The highest BCUT2D eigenvalue weighted by Gasteiger charge is 2.17. The third-order valence-corrected chi connectivity index (χ3v) is 2.01. The molecule has 0 saturated carbocycles. The molecule has 1 aromatic carbocycles. The summed E-state index contributed by atoms with van der Waals surface area (Å²) in [7, 11) is 0. The van der Waals surface area contributed by atoms with Gasteiger partial charge in [-0.2, -0.15) is 0 Å². The number of rotatable bonds is 4. The normalized spacial score (nSPS) is 11.6. The number of benzene rings is 1. The number of likely N-dealkylation sites (N-methyl/N-ethyl adjacent to an activating group) is 1. The van der Waals surface area contributed by atoms with Crippen LogP contribution in [0, 0.1) is 0 Å². The van der Waals surface area contributed by atoms with Gasteiger partial charge in [0, 0.05) is 6.54 Å². The minimum absolute atomic E-state index is 0.285. The van der Waals surface area contributed by atoms with Crippen LogP contribution in [0.2, 0.25) is 0 Å². The van der Waals surface area contributed by atoms with Gasteiger partial charge in [0.1, 0.15) is 0 Å². The Balaban J connectivity index is 2.55. The van der Waals surface area contributed by atoms with Crippen LogP contribution in [-0.2, 0) is 9.53 Å². The average molecular weight is 221 g/mol. The molecule has 86 valence electrons. The van der Waals surface area contributed by atoms with Crippen LogP contribution in [0.25, 0.3) is 0 Å². The maximum Gasteiger partial charge on any atom is 0.338 e. The third kappa shape index (κ3) is 3.38. The van der Waals surface area contributed by atoms with Crippen LogP contribution in [0.15, 0.2) is 30.3 Å². The molecule has 0 aromatic heterocycles. The lowest BCUT2D eigenvalue weighted by Gasteiger charge is -2.12. The Morgan fingerprint density at radius 3 is 2.50 bits per heavy atom. The molecule has 0 fully saturated rings. The molecule has 0 aliphatic carbocycles. The average Bonchev–Trinajstić information content (AvgIpc) is 2.30. The van der Waals surface area contributed by atoms with Crippen molar-refractivity contribution in [3.8, 4) is 0 Å². The van der Waals surface area contributed by atoms with Crippen molar-refractivity contribution in [1.82, 2.24) is 5.32 Å². The fourth-order valence-electron chi connectivity index (χ4n) is 1.17. The zero-order valence-electron chi connectivity index (χ0n) is 9.40. The maximum atomic E-state index is 11.6. The number of carbonyl (C=O) groups is 2. The van der Waals surface area contributed by atoms with E-state index in [1.165, 1.54) is 0 Å². The van der Waals surface area contributed by atoms with E-state index in [1.807, 2.05) is 13.0 Å². The highest BCUT2D eigenvalue weighted by atomic mass is 16.5. The van der Waals surface area contributed by atoms with Crippen LogP contribution < -0.4 is 5.32 Å². The molecule has 0 saturated heterocycles. The van der Waals surface area contributed by atoms with Crippen molar-refractivity contribution < 1.29 is 14.3 Å². The predicted octanol–water partition coefficient (Wildman–Crippen LogP) is 1.37. The predicted molar refractivity (Wildman–Crippen MR) is 60.0 cm³/mol. The van der Waals surface area contributed by atoms with E-state index in [0.717, 1.165) is 0 Å². The Kier molecular flexibility index (Phi) is 4.51. The molecule has 1 rings (SSSR count). The Bertz CT molecular complexity index is 362. The van der Waals surface area contributed by atoms with Gasteiger partial charge in [-0.15, -0.1) is 0 Å². The number of nitrogens with one attached hydrogen (secondary N) is 1. The van der Waals surface area contributed by atoms with E-state index >= 15 is 0 Å². The Hall–Kier alpha value is -1.84. The Morgan fingerprint density at radius 1 is 1.31 bits per heavy atom. The standard InChI is InChI=1S/C12H15NO3/c1-3-13-11(14)9(2)16-12(15)10-7-5-4-6-8-10/h4-9H,3H2,1-2H3,(H,13,14)/t9-/m1/s1. The molecule has 4 heteroatoms. The van der Waals surface area contributed by atoms with E-state index in [9.17, 15) is 9.59 Å². The first-order valence-corrected chi connectivity index (χ1v) is 5.19. The van der Waals surface area contributed by atoms with Crippen molar-refractivity contribution >= 4 is 11.9 Å². The molecule has 4 nitrogen and oxygen atoms in total. The second-order valence-corrected chi connectivity index (χ2v) is 3.31. The number of ether oxygens (including phenoxy) is 1. The lowest BCUT2D eigenvalue weighted by molar-refractivity contribution is -0.128. The third-order valence-electron chi connectivity index (χ3n) is 2.01. The zero-order valence-corrected chi connectivity index (χ0v) is 9.40. The molecule has 0 aliphatic rings. The number of hydrogen-bond donors (Lipinski definition) is 1. The van der Waals surface area contributed by atoms with Gasteiger partial charge in [0.2, 0.25) is 0 Å². The van der Waals surface area contributed by atoms with Crippen molar-refractivity contribution in [2.24, 2.45) is 0 Å². The molecular weight excluding hydrogens is 206 g/mol. The second kappa shape index (κ2) is 5.90. The van der Waals surface area contributed by atoms with Crippen LogP contribution in [0.5, 0.6) is 0 Å². The molecule has 0 aliphatic heterocycles. The van der Waals surface area contributed by atoms with E-state index in [4.69, 9.17) is 4.74 Å². The van der Waals surface area contributed by atoms with Gasteiger partial charge < -0.3 is 10.1 Å². The van der Waals surface area contributed by atoms with Gasteiger partial charge >= 0.3 is 5.97 Å². The molecular formula is C12H15NO3. The molecule has 1 atom stereocenters. The van der Waals surface area contributed by atoms with Gasteiger partial charge in [0.25, 0.3) is 5.91 Å². The second-order valence-electron chi connectivity index (χ2n) is 3.31. The van der Waals surface area contributed by atoms with Crippen LogP contribution in [0.1, 0.15) is 24.2 Å². The molecule has 0 bridgehead atoms. The number of carbonyl (C=O) groups excluding carboxylic acids is 2. The van der Waals surface area contributed by atoms with Gasteiger partial charge in [-0.1, -0.05) is 18.2 Å². The first-order chi connectivity index (χ1) is 7.65. The van der Waals surface area contributed by atoms with Gasteiger partial charge in [-0.3, -0.25) is 4.79 Å². The lowest BCUT2D eigenvalue weighted by atomic mass is 10.2. The first-order valence-electron chi connectivity index (χ1n) is 5.19. The largest absolute Gasteiger partial charge is 0.449 e. The van der Waals surface area contributed by atoms with Gasteiger partial charge in [0.15, 0.2) is 6.10 Å². The smallest absolute Gasteiger partial charge is 0.338 e. The molecule has 0 heterocycles. The summed E-state index contributed by atoms with van der Waals surface area (Å²) in [5.74, 6) is -0.772. The Labute approximate surface area is 94.6 Å². The van der Waals surface area contributed by atoms with Gasteiger partial charge in [-0.25, -0.2) is 4.79 Å². The number of esters is 1. The highest BCUT2D eigenvalue weighted by molar-refractivity contribution is 5.92. The van der Waals surface area contributed by atoms with Gasteiger partial charge in [-0.05, 0) is 26.0 Å². The topological polar surface area (TPSA) is 55.4 Å². The summed E-state index contributed by atoms with van der Waals surface area (Å²) in [6.07, 6.45) is -0.771. The van der Waals surface area contributed by atoms with Crippen LogP contribution in [-0.4, -0.2) is 24.5 Å². The van der Waals surface area contributed by atoms with Gasteiger partial charge in [0.05, 0.1) is 5.56 Å². The number of hydrogen-bond acceptors (Lipinski definition) is 3. The quantitative estimate of drug-likeness (QED) is 0.781. The summed E-state index contributed by atoms with van der Waals surface area (Å²) in [5.41, 5.74) is 0.443. The van der Waals surface area contributed by atoms with E-state index in [1.54, 1.807) is 31.2 Å². The van der Waals surface area contributed by atoms with Crippen LogP contribution >= 0.6 is 0 Å². The van der Waals surface area contributed by atoms with E-state index in [0.29, 0.717) is 12.1 Å². The zero-order chi connectivity index (χ0) is 12.0. The SMILES string of the molecule is CCNC(=O)[C@@H](C)OC(=O)c1ccccc1. The molecule has 1 aromatic rings. The summed E-state index contributed by atoms with van der Waals surface area (Å²) in [6.45, 7) is 3.88. The van der Waals surface area contributed by atoms with Crippen molar-refractivity contribution in [1.29, 1.82) is 0 Å². The molecule has 1 amide bonds. The monoisotopic (exact) mass is 221 g/mol. The summed E-state index contributed by atoms with van der Waals surface area (Å²) in [4.78, 5) is 22.9. The lowest BCUT2D eigenvalue weighted by Crippen LogP contribution is -2.35. The fraction of sp³-hybridized carbons (Fsp3) is 0.333. The molecule has 0 radical (unpaired) electrons. The molecule has 0 spiro atoms. The first kappa shape index (κ1) is 12.2. The summed E-state index contributed by atoms with van der Waals surface area (Å²) >= 11 is 0. The fourth-order valence-corrected chi connectivity index (χ4v) is 1.17. The summed E-state index contributed by atoms with van der Waals surface area (Å²) < 4.78 is 5.00. The van der Waals surface area contributed by atoms with E-state index in [-0.39, 0.29) is 5.91 Å². The summed E-state index contributed by atoms with van der Waals surface area (Å²) in [5, 5.41) is 2.59.